The van der Waals surface area contributed by atoms with Crippen molar-refractivity contribution in [2.45, 2.75) is 25.9 Å². The Morgan fingerprint density at radius 1 is 1.60 bits per heavy atom. The minimum atomic E-state index is -0.733. The summed E-state index contributed by atoms with van der Waals surface area (Å²) in [5.41, 5.74) is 7.92. The SMILES string of the molecule is CCc1ccsc1C(=O)N1Cc2[nH]ncc2C1C(N)=O. The molecule has 3 rings (SSSR count). The molecule has 0 radical (unpaired) electrons. The lowest BCUT2D eigenvalue weighted by atomic mass is 10.1. The third kappa shape index (κ3) is 1.82. The number of aryl methyl sites for hydroxylation is 1. The zero-order chi connectivity index (χ0) is 14.3. The van der Waals surface area contributed by atoms with Gasteiger partial charge < -0.3 is 10.6 Å². The van der Waals surface area contributed by atoms with Gasteiger partial charge in [-0.3, -0.25) is 14.7 Å². The molecule has 0 saturated carbocycles. The van der Waals surface area contributed by atoms with E-state index in [2.05, 4.69) is 10.2 Å². The second-order valence-corrected chi connectivity index (χ2v) is 5.59. The Kier molecular flexibility index (Phi) is 3.06. The molecule has 0 spiro atoms. The number of carbonyl (C=O) groups excluding carboxylic acids is 2. The molecule has 2 aromatic heterocycles. The van der Waals surface area contributed by atoms with E-state index in [9.17, 15) is 9.59 Å². The summed E-state index contributed by atoms with van der Waals surface area (Å²) in [5.74, 6) is -0.682. The molecule has 1 aliphatic heterocycles. The first-order chi connectivity index (χ1) is 9.63. The van der Waals surface area contributed by atoms with Crippen LogP contribution < -0.4 is 5.73 Å². The van der Waals surface area contributed by atoms with Crippen molar-refractivity contribution in [1.29, 1.82) is 0 Å². The number of nitrogens with zero attached hydrogens (tertiary/aromatic N) is 2. The molecule has 1 atom stereocenters. The van der Waals surface area contributed by atoms with Gasteiger partial charge in [-0.1, -0.05) is 6.92 Å². The van der Waals surface area contributed by atoms with Crippen LogP contribution in [-0.2, 0) is 17.8 Å². The molecule has 1 unspecified atom stereocenters. The first-order valence-corrected chi connectivity index (χ1v) is 7.20. The third-order valence-electron chi connectivity index (χ3n) is 3.54. The van der Waals surface area contributed by atoms with Gasteiger partial charge in [0.1, 0.15) is 6.04 Å². The lowest BCUT2D eigenvalue weighted by Crippen LogP contribution is -2.37. The molecular formula is C13H14N4O2S. The van der Waals surface area contributed by atoms with Crippen LogP contribution in [0.25, 0.3) is 0 Å². The quantitative estimate of drug-likeness (QED) is 0.890. The summed E-state index contributed by atoms with van der Waals surface area (Å²) in [4.78, 5) is 26.5. The summed E-state index contributed by atoms with van der Waals surface area (Å²) >= 11 is 1.40. The fourth-order valence-electron chi connectivity index (χ4n) is 2.54. The predicted octanol–water partition coefficient (Wildman–Crippen LogP) is 1.22. The van der Waals surface area contributed by atoms with Crippen LogP contribution in [0.2, 0.25) is 0 Å². The Hall–Kier alpha value is -2.15. The Bertz CT molecular complexity index is 675. The molecule has 6 nitrogen and oxygen atoms in total. The van der Waals surface area contributed by atoms with Gasteiger partial charge in [0.2, 0.25) is 5.91 Å². The minimum absolute atomic E-state index is 0.148. The number of hydrogen-bond acceptors (Lipinski definition) is 4. The number of primary amides is 1. The summed E-state index contributed by atoms with van der Waals surface area (Å²) in [7, 11) is 0. The standard InChI is InChI=1S/C13H14N4O2S/c1-2-7-3-4-20-11(7)13(19)17-6-9-8(5-15-16-9)10(17)12(14)18/h3-5,10H,2,6H2,1H3,(H2,14,18)(H,15,16). The average Bonchev–Trinajstić information content (AvgIpc) is 3.11. The molecule has 104 valence electrons. The van der Waals surface area contributed by atoms with Gasteiger partial charge in [-0.05, 0) is 23.4 Å². The van der Waals surface area contributed by atoms with Crippen LogP contribution in [0.3, 0.4) is 0 Å². The number of aromatic nitrogens is 2. The van der Waals surface area contributed by atoms with E-state index in [1.807, 2.05) is 18.4 Å². The molecule has 0 aromatic carbocycles. The Morgan fingerprint density at radius 2 is 2.40 bits per heavy atom. The number of nitrogens with two attached hydrogens (primary N) is 1. The van der Waals surface area contributed by atoms with Crippen LogP contribution in [0, 0.1) is 0 Å². The highest BCUT2D eigenvalue weighted by atomic mass is 32.1. The summed E-state index contributed by atoms with van der Waals surface area (Å²) in [6.07, 6.45) is 2.35. The maximum atomic E-state index is 12.7. The van der Waals surface area contributed by atoms with E-state index >= 15 is 0 Å². The summed E-state index contributed by atoms with van der Waals surface area (Å²) in [5, 5.41) is 8.60. The predicted molar refractivity (Wildman–Crippen MR) is 74.1 cm³/mol. The zero-order valence-electron chi connectivity index (χ0n) is 10.9. The molecule has 2 amide bonds. The third-order valence-corrected chi connectivity index (χ3v) is 4.48. The smallest absolute Gasteiger partial charge is 0.265 e. The van der Waals surface area contributed by atoms with Gasteiger partial charge in [0.15, 0.2) is 0 Å². The molecule has 2 aromatic rings. The molecule has 0 aliphatic carbocycles. The second-order valence-electron chi connectivity index (χ2n) is 4.67. The number of amides is 2. The van der Waals surface area contributed by atoms with Crippen molar-refractivity contribution < 1.29 is 9.59 Å². The van der Waals surface area contributed by atoms with Crippen molar-refractivity contribution in [3.05, 3.63) is 39.3 Å². The maximum Gasteiger partial charge on any atom is 0.265 e. The van der Waals surface area contributed by atoms with E-state index in [0.717, 1.165) is 17.7 Å². The topological polar surface area (TPSA) is 92.1 Å². The zero-order valence-corrected chi connectivity index (χ0v) is 11.7. The molecular weight excluding hydrogens is 276 g/mol. The number of rotatable bonds is 3. The van der Waals surface area contributed by atoms with Gasteiger partial charge in [-0.25, -0.2) is 0 Å². The number of carbonyl (C=O) groups is 2. The largest absolute Gasteiger partial charge is 0.368 e. The number of fused-ring (bicyclic) bond motifs is 1. The van der Waals surface area contributed by atoms with E-state index < -0.39 is 11.9 Å². The van der Waals surface area contributed by atoms with Gasteiger partial charge in [-0.15, -0.1) is 11.3 Å². The Morgan fingerprint density at radius 3 is 3.10 bits per heavy atom. The van der Waals surface area contributed by atoms with Crippen molar-refractivity contribution in [1.82, 2.24) is 15.1 Å². The van der Waals surface area contributed by atoms with Crippen molar-refractivity contribution >= 4 is 23.2 Å². The van der Waals surface area contributed by atoms with E-state index in [4.69, 9.17) is 5.73 Å². The molecule has 7 heteroatoms. The number of H-pyrrole nitrogens is 1. The van der Waals surface area contributed by atoms with Crippen LogP contribution in [-0.4, -0.2) is 26.9 Å². The maximum absolute atomic E-state index is 12.7. The Labute approximate surface area is 119 Å². The Balaban J connectivity index is 1.97. The number of aromatic amines is 1. The van der Waals surface area contributed by atoms with Gasteiger partial charge in [-0.2, -0.15) is 5.10 Å². The van der Waals surface area contributed by atoms with Crippen molar-refractivity contribution in [2.75, 3.05) is 0 Å². The molecule has 0 saturated heterocycles. The summed E-state index contributed by atoms with van der Waals surface area (Å²) in [6.45, 7) is 2.34. The number of thiophene rings is 1. The van der Waals surface area contributed by atoms with Crippen molar-refractivity contribution in [2.24, 2.45) is 5.73 Å². The molecule has 1 aliphatic rings. The first-order valence-electron chi connectivity index (χ1n) is 6.32. The van der Waals surface area contributed by atoms with Crippen LogP contribution in [0.15, 0.2) is 17.6 Å². The molecule has 0 fully saturated rings. The van der Waals surface area contributed by atoms with Gasteiger partial charge in [0, 0.05) is 5.56 Å². The number of hydrogen-bond donors (Lipinski definition) is 2. The van der Waals surface area contributed by atoms with E-state index in [1.54, 1.807) is 6.20 Å². The van der Waals surface area contributed by atoms with Crippen LogP contribution in [0.4, 0.5) is 0 Å². The van der Waals surface area contributed by atoms with Crippen LogP contribution >= 0.6 is 11.3 Å². The molecule has 3 heterocycles. The fourth-order valence-corrected chi connectivity index (χ4v) is 3.49. The molecule has 0 bridgehead atoms. The summed E-state index contributed by atoms with van der Waals surface area (Å²) in [6, 6.07) is 1.21. The highest BCUT2D eigenvalue weighted by Gasteiger charge is 2.39. The van der Waals surface area contributed by atoms with E-state index in [0.29, 0.717) is 17.0 Å². The first kappa shape index (κ1) is 12.9. The van der Waals surface area contributed by atoms with E-state index in [-0.39, 0.29) is 5.91 Å². The van der Waals surface area contributed by atoms with Crippen molar-refractivity contribution in [3.8, 4) is 0 Å². The minimum Gasteiger partial charge on any atom is -0.368 e. The van der Waals surface area contributed by atoms with Crippen LogP contribution in [0.5, 0.6) is 0 Å². The van der Waals surface area contributed by atoms with E-state index in [1.165, 1.54) is 16.2 Å². The van der Waals surface area contributed by atoms with Gasteiger partial charge in [0.05, 0.1) is 23.3 Å². The molecule has 3 N–H and O–H groups in total. The molecule has 20 heavy (non-hydrogen) atoms. The second kappa shape index (κ2) is 4.75. The average molecular weight is 290 g/mol. The lowest BCUT2D eigenvalue weighted by Gasteiger charge is -2.22. The normalized spacial score (nSPS) is 17.2. The fraction of sp³-hybridized carbons (Fsp3) is 0.308. The van der Waals surface area contributed by atoms with Gasteiger partial charge >= 0.3 is 0 Å². The summed E-state index contributed by atoms with van der Waals surface area (Å²) < 4.78 is 0. The monoisotopic (exact) mass is 290 g/mol. The number of nitrogens with one attached hydrogen (secondary N) is 1. The highest BCUT2D eigenvalue weighted by molar-refractivity contribution is 7.12. The van der Waals surface area contributed by atoms with Gasteiger partial charge in [0.25, 0.3) is 5.91 Å². The lowest BCUT2D eigenvalue weighted by molar-refractivity contribution is -0.122. The van der Waals surface area contributed by atoms with Crippen molar-refractivity contribution in [3.63, 3.8) is 0 Å². The highest BCUT2D eigenvalue weighted by Crippen LogP contribution is 2.34. The van der Waals surface area contributed by atoms with Crippen LogP contribution in [0.1, 0.15) is 39.5 Å².